The van der Waals surface area contributed by atoms with Crippen molar-refractivity contribution in [3.05, 3.63) is 70.3 Å². The van der Waals surface area contributed by atoms with Crippen molar-refractivity contribution in [3.8, 4) is 5.75 Å². The minimum Gasteiger partial charge on any atom is -0.507 e. The van der Waals surface area contributed by atoms with Gasteiger partial charge in [-0.05, 0) is 74.4 Å². The van der Waals surface area contributed by atoms with E-state index in [1.54, 1.807) is 29.2 Å². The summed E-state index contributed by atoms with van der Waals surface area (Å²) in [5.41, 5.74) is 1.29. The lowest BCUT2D eigenvalue weighted by Crippen LogP contribution is -2.33. The summed E-state index contributed by atoms with van der Waals surface area (Å²) in [7, 11) is 0. The van der Waals surface area contributed by atoms with Gasteiger partial charge in [-0.1, -0.05) is 44.5 Å². The standard InChI is InChI=1S/C27H33ClN2O4/c1-4-18-34-22-14-10-19(11-15-22)24-23(25(31)20-8-12-21(28)13-9-20)26(32)27(33)30(24)17-7-16-29(5-2)6-3/h8-15,24,31H,4-7,16-18H2,1-3H3/b25-23+/t24-/m0/s1. The van der Waals surface area contributed by atoms with Gasteiger partial charge >= 0.3 is 0 Å². The Morgan fingerprint density at radius 1 is 1.03 bits per heavy atom. The SMILES string of the molecule is CCCOc1ccc([C@H]2/C(=C(\O)c3ccc(Cl)cc3)C(=O)C(=O)N2CCCN(CC)CC)cc1. The second kappa shape index (κ2) is 12.0. The first-order chi connectivity index (χ1) is 16.4. The van der Waals surface area contributed by atoms with Crippen LogP contribution in [0.1, 0.15) is 50.8 Å². The van der Waals surface area contributed by atoms with Gasteiger partial charge < -0.3 is 19.6 Å². The maximum atomic E-state index is 13.1. The molecule has 1 fully saturated rings. The number of halogens is 1. The van der Waals surface area contributed by atoms with Crippen LogP contribution in [0.25, 0.3) is 5.76 Å². The van der Waals surface area contributed by atoms with E-state index in [2.05, 4.69) is 18.7 Å². The molecule has 182 valence electrons. The Morgan fingerprint density at radius 3 is 2.26 bits per heavy atom. The lowest BCUT2D eigenvalue weighted by molar-refractivity contribution is -0.140. The van der Waals surface area contributed by atoms with Crippen molar-refractivity contribution < 1.29 is 19.4 Å². The van der Waals surface area contributed by atoms with Crippen LogP contribution in [-0.2, 0) is 9.59 Å². The monoisotopic (exact) mass is 484 g/mol. The Morgan fingerprint density at radius 2 is 1.68 bits per heavy atom. The molecule has 1 N–H and O–H groups in total. The van der Waals surface area contributed by atoms with E-state index in [9.17, 15) is 14.7 Å². The Labute approximate surface area is 206 Å². The highest BCUT2D eigenvalue weighted by Gasteiger charge is 2.45. The minimum absolute atomic E-state index is 0.0948. The highest BCUT2D eigenvalue weighted by Crippen LogP contribution is 2.40. The fourth-order valence-corrected chi connectivity index (χ4v) is 4.32. The van der Waals surface area contributed by atoms with Gasteiger partial charge in [0, 0.05) is 17.1 Å². The van der Waals surface area contributed by atoms with E-state index < -0.39 is 17.7 Å². The molecule has 1 amide bonds. The van der Waals surface area contributed by atoms with Crippen molar-refractivity contribution in [2.45, 2.75) is 39.7 Å². The number of carbonyl (C=O) groups excluding carboxylic acids is 2. The number of nitrogens with zero attached hydrogens (tertiary/aromatic N) is 2. The second-order valence-corrected chi connectivity index (χ2v) is 8.73. The summed E-state index contributed by atoms with van der Waals surface area (Å²) in [6.45, 7) is 9.94. The van der Waals surface area contributed by atoms with Gasteiger partial charge in [0.05, 0.1) is 18.2 Å². The quantitative estimate of drug-likeness (QED) is 0.267. The lowest BCUT2D eigenvalue weighted by Gasteiger charge is -2.27. The van der Waals surface area contributed by atoms with E-state index >= 15 is 0 Å². The molecule has 1 heterocycles. The molecule has 0 unspecified atom stereocenters. The van der Waals surface area contributed by atoms with Gasteiger partial charge in [0.15, 0.2) is 0 Å². The zero-order valence-corrected chi connectivity index (χ0v) is 20.8. The van der Waals surface area contributed by atoms with E-state index in [0.29, 0.717) is 23.7 Å². The van der Waals surface area contributed by atoms with Gasteiger partial charge in [0.1, 0.15) is 11.5 Å². The number of hydrogen-bond acceptors (Lipinski definition) is 5. The molecular formula is C27H33ClN2O4. The third-order valence-electron chi connectivity index (χ3n) is 6.09. The summed E-state index contributed by atoms with van der Waals surface area (Å²) in [5, 5.41) is 11.6. The first kappa shape index (κ1) is 25.8. The van der Waals surface area contributed by atoms with Crippen LogP contribution in [0, 0.1) is 0 Å². The molecule has 0 saturated carbocycles. The summed E-state index contributed by atoms with van der Waals surface area (Å²) in [6.07, 6.45) is 1.62. The number of hydrogen-bond donors (Lipinski definition) is 1. The summed E-state index contributed by atoms with van der Waals surface area (Å²) in [5.74, 6) is -0.739. The average Bonchev–Trinajstić information content (AvgIpc) is 3.10. The van der Waals surface area contributed by atoms with Crippen LogP contribution >= 0.6 is 11.6 Å². The van der Waals surface area contributed by atoms with Crippen molar-refractivity contribution in [3.63, 3.8) is 0 Å². The van der Waals surface area contributed by atoms with Gasteiger partial charge in [-0.3, -0.25) is 9.59 Å². The fourth-order valence-electron chi connectivity index (χ4n) is 4.19. The van der Waals surface area contributed by atoms with Gasteiger partial charge in [-0.2, -0.15) is 0 Å². The topological polar surface area (TPSA) is 70.1 Å². The number of rotatable bonds is 11. The van der Waals surface area contributed by atoms with Crippen LogP contribution in [0.4, 0.5) is 0 Å². The molecule has 2 aromatic rings. The molecule has 7 heteroatoms. The molecule has 1 atom stereocenters. The smallest absolute Gasteiger partial charge is 0.295 e. The maximum absolute atomic E-state index is 13.1. The van der Waals surface area contributed by atoms with Crippen molar-refractivity contribution in [1.82, 2.24) is 9.80 Å². The van der Waals surface area contributed by atoms with Gasteiger partial charge in [-0.25, -0.2) is 0 Å². The molecule has 34 heavy (non-hydrogen) atoms. The van der Waals surface area contributed by atoms with Gasteiger partial charge in [0.2, 0.25) is 0 Å². The first-order valence-corrected chi connectivity index (χ1v) is 12.3. The number of Topliss-reactive ketones (excluding diaryl/α,β-unsaturated/α-hetero) is 1. The van der Waals surface area contributed by atoms with Crippen LogP contribution in [0.3, 0.4) is 0 Å². The number of benzene rings is 2. The number of amides is 1. The number of aliphatic hydroxyl groups excluding tert-OH is 1. The summed E-state index contributed by atoms with van der Waals surface area (Å²) >= 11 is 5.99. The Kier molecular flexibility index (Phi) is 9.13. The van der Waals surface area contributed by atoms with Crippen LogP contribution in [0.2, 0.25) is 5.02 Å². The zero-order valence-electron chi connectivity index (χ0n) is 20.1. The molecule has 0 bridgehead atoms. The van der Waals surface area contributed by atoms with E-state index in [4.69, 9.17) is 16.3 Å². The molecule has 0 aliphatic carbocycles. The molecule has 1 aliphatic heterocycles. The summed E-state index contributed by atoms with van der Waals surface area (Å²) < 4.78 is 5.69. The lowest BCUT2D eigenvalue weighted by atomic mass is 9.95. The molecule has 1 aliphatic rings. The molecule has 0 spiro atoms. The Balaban J connectivity index is 1.99. The molecule has 3 rings (SSSR count). The fraction of sp³-hybridized carbons (Fsp3) is 0.407. The van der Waals surface area contributed by atoms with Crippen molar-refractivity contribution >= 4 is 29.1 Å². The average molecular weight is 485 g/mol. The van der Waals surface area contributed by atoms with Crippen LogP contribution in [0.5, 0.6) is 5.75 Å². The largest absolute Gasteiger partial charge is 0.507 e. The third-order valence-corrected chi connectivity index (χ3v) is 6.35. The van der Waals surface area contributed by atoms with Crippen LogP contribution in [0.15, 0.2) is 54.1 Å². The van der Waals surface area contributed by atoms with Crippen LogP contribution in [-0.4, -0.2) is 59.4 Å². The van der Waals surface area contributed by atoms with E-state index in [0.717, 1.165) is 43.8 Å². The molecule has 2 aromatic carbocycles. The Bertz CT molecular complexity index is 1010. The third kappa shape index (κ3) is 5.80. The summed E-state index contributed by atoms with van der Waals surface area (Å²) in [4.78, 5) is 30.1. The number of carbonyl (C=O) groups is 2. The number of likely N-dealkylation sites (tertiary alicyclic amines) is 1. The minimum atomic E-state index is -0.674. The predicted octanol–water partition coefficient (Wildman–Crippen LogP) is 5.28. The summed E-state index contributed by atoms with van der Waals surface area (Å²) in [6, 6.07) is 13.3. The zero-order chi connectivity index (χ0) is 24.7. The van der Waals surface area contributed by atoms with E-state index in [1.807, 2.05) is 31.2 Å². The molecule has 0 radical (unpaired) electrons. The maximum Gasteiger partial charge on any atom is 0.295 e. The van der Waals surface area contributed by atoms with Crippen molar-refractivity contribution in [1.29, 1.82) is 0 Å². The van der Waals surface area contributed by atoms with E-state index in [-0.39, 0.29) is 11.3 Å². The van der Waals surface area contributed by atoms with Crippen LogP contribution < -0.4 is 4.74 Å². The first-order valence-electron chi connectivity index (χ1n) is 11.9. The van der Waals surface area contributed by atoms with Gasteiger partial charge in [0.25, 0.3) is 11.7 Å². The predicted molar refractivity (Wildman–Crippen MR) is 135 cm³/mol. The molecule has 0 aromatic heterocycles. The highest BCUT2D eigenvalue weighted by atomic mass is 35.5. The number of aliphatic hydroxyl groups is 1. The number of ketones is 1. The normalized spacial score (nSPS) is 17.6. The molecule has 1 saturated heterocycles. The van der Waals surface area contributed by atoms with Crippen molar-refractivity contribution in [2.75, 3.05) is 32.8 Å². The molecule has 6 nitrogen and oxygen atoms in total. The second-order valence-electron chi connectivity index (χ2n) is 8.30. The highest BCUT2D eigenvalue weighted by molar-refractivity contribution is 6.46. The molecular weight excluding hydrogens is 452 g/mol. The van der Waals surface area contributed by atoms with Gasteiger partial charge in [-0.15, -0.1) is 0 Å². The van der Waals surface area contributed by atoms with Crippen molar-refractivity contribution in [2.24, 2.45) is 0 Å². The Hall–Kier alpha value is -2.83. The van der Waals surface area contributed by atoms with E-state index in [1.165, 1.54) is 0 Å². The number of ether oxygens (including phenoxy) is 1.